The number of ether oxygens (including phenoxy) is 1. The topological polar surface area (TPSA) is 26.3 Å². The molecule has 0 fully saturated rings. The van der Waals surface area contributed by atoms with E-state index in [0.29, 0.717) is 5.92 Å². The van der Waals surface area contributed by atoms with E-state index in [-0.39, 0.29) is 0 Å². The summed E-state index contributed by atoms with van der Waals surface area (Å²) in [4.78, 5) is 11.2. The molecule has 1 rings (SSSR count). The quantitative estimate of drug-likeness (QED) is 0.584. The monoisotopic (exact) mass is 226 g/mol. The third-order valence-corrected chi connectivity index (χ3v) is 2.73. The van der Waals surface area contributed by atoms with Gasteiger partial charge >= 0.3 is 5.97 Å². The maximum atomic E-state index is 11.2. The van der Waals surface area contributed by atoms with Crippen molar-refractivity contribution in [2.75, 3.05) is 7.11 Å². The molecule has 1 unspecified atom stereocenters. The number of methoxy groups -OCH3 is 1. The van der Waals surface area contributed by atoms with E-state index in [1.165, 1.54) is 12.7 Å². The normalized spacial score (nSPS) is 12.6. The summed E-state index contributed by atoms with van der Waals surface area (Å²) in [5, 5.41) is -0.712. The summed E-state index contributed by atoms with van der Waals surface area (Å²) in [5.74, 6) is 0.0555. The summed E-state index contributed by atoms with van der Waals surface area (Å²) in [6.07, 6.45) is 0. The van der Waals surface area contributed by atoms with Crippen LogP contribution in [0.4, 0.5) is 0 Å². The standard InChI is InChI=1S/C12H15ClO2/c1-8(2)9-4-6-10(7-5-9)11(13)12(14)15-3/h4-8,11H,1-3H3. The van der Waals surface area contributed by atoms with Gasteiger partial charge in [0.2, 0.25) is 0 Å². The summed E-state index contributed by atoms with van der Waals surface area (Å²) >= 11 is 5.91. The molecule has 0 amide bonds. The Kier molecular flexibility index (Phi) is 4.15. The average Bonchev–Trinajstić information content (AvgIpc) is 2.27. The predicted octanol–water partition coefficient (Wildman–Crippen LogP) is 3.26. The number of carbonyl (C=O) groups is 1. The zero-order valence-corrected chi connectivity index (χ0v) is 9.91. The zero-order valence-electron chi connectivity index (χ0n) is 9.16. The van der Waals surface area contributed by atoms with Gasteiger partial charge in [0.05, 0.1) is 7.11 Å². The Morgan fingerprint density at radius 3 is 2.07 bits per heavy atom. The van der Waals surface area contributed by atoms with Gasteiger partial charge in [-0.05, 0) is 17.0 Å². The summed E-state index contributed by atoms with van der Waals surface area (Å²) < 4.78 is 4.57. The highest BCUT2D eigenvalue weighted by Crippen LogP contribution is 2.23. The number of carbonyl (C=O) groups excluding carboxylic acids is 1. The third-order valence-electron chi connectivity index (χ3n) is 2.30. The number of hydrogen-bond acceptors (Lipinski definition) is 2. The first-order valence-electron chi connectivity index (χ1n) is 4.88. The minimum atomic E-state index is -0.712. The van der Waals surface area contributed by atoms with Crippen LogP contribution < -0.4 is 0 Å². The van der Waals surface area contributed by atoms with E-state index in [1.54, 1.807) is 0 Å². The van der Waals surface area contributed by atoms with Gasteiger partial charge in [-0.15, -0.1) is 11.6 Å². The van der Waals surface area contributed by atoms with Crippen LogP contribution in [0.1, 0.15) is 36.3 Å². The first kappa shape index (κ1) is 12.1. The Balaban J connectivity index is 2.84. The molecule has 0 aromatic heterocycles. The number of benzene rings is 1. The van der Waals surface area contributed by atoms with Crippen LogP contribution in [-0.2, 0) is 9.53 Å². The molecule has 0 saturated heterocycles. The van der Waals surface area contributed by atoms with Gasteiger partial charge < -0.3 is 4.74 Å². The van der Waals surface area contributed by atoms with Crippen molar-refractivity contribution >= 4 is 17.6 Å². The van der Waals surface area contributed by atoms with Crippen LogP contribution in [0.25, 0.3) is 0 Å². The molecular weight excluding hydrogens is 212 g/mol. The summed E-state index contributed by atoms with van der Waals surface area (Å²) in [6.45, 7) is 4.24. The molecule has 1 aromatic rings. The lowest BCUT2D eigenvalue weighted by molar-refractivity contribution is -0.140. The highest BCUT2D eigenvalue weighted by molar-refractivity contribution is 6.29. The van der Waals surface area contributed by atoms with Gasteiger partial charge in [0.15, 0.2) is 5.38 Å². The van der Waals surface area contributed by atoms with Crippen molar-refractivity contribution < 1.29 is 9.53 Å². The molecule has 0 aliphatic carbocycles. The van der Waals surface area contributed by atoms with Crippen molar-refractivity contribution in [1.82, 2.24) is 0 Å². The Hall–Kier alpha value is -1.02. The van der Waals surface area contributed by atoms with E-state index in [0.717, 1.165) is 5.56 Å². The van der Waals surface area contributed by atoms with Crippen LogP contribution in [0.15, 0.2) is 24.3 Å². The van der Waals surface area contributed by atoms with Crippen LogP contribution in [-0.4, -0.2) is 13.1 Å². The first-order chi connectivity index (χ1) is 7.06. The molecule has 1 atom stereocenters. The van der Waals surface area contributed by atoms with Gasteiger partial charge in [-0.1, -0.05) is 38.1 Å². The molecule has 0 aliphatic rings. The van der Waals surface area contributed by atoms with Crippen molar-refractivity contribution in [1.29, 1.82) is 0 Å². The predicted molar refractivity (Wildman–Crippen MR) is 61.1 cm³/mol. The molecule has 0 spiro atoms. The lowest BCUT2D eigenvalue weighted by atomic mass is 10.0. The fourth-order valence-corrected chi connectivity index (χ4v) is 1.52. The molecule has 82 valence electrons. The highest BCUT2D eigenvalue weighted by Gasteiger charge is 2.17. The lowest BCUT2D eigenvalue weighted by Crippen LogP contribution is -2.08. The molecule has 3 heteroatoms. The molecule has 1 aromatic carbocycles. The van der Waals surface area contributed by atoms with Crippen molar-refractivity contribution in [2.24, 2.45) is 0 Å². The second-order valence-corrected chi connectivity index (χ2v) is 4.14. The molecule has 0 radical (unpaired) electrons. The molecule has 0 N–H and O–H groups in total. The number of esters is 1. The summed E-state index contributed by atoms with van der Waals surface area (Å²) in [7, 11) is 1.33. The molecule has 0 aliphatic heterocycles. The average molecular weight is 227 g/mol. The van der Waals surface area contributed by atoms with E-state index >= 15 is 0 Å². The Morgan fingerprint density at radius 1 is 1.20 bits per heavy atom. The van der Waals surface area contributed by atoms with E-state index < -0.39 is 11.3 Å². The van der Waals surface area contributed by atoms with Gasteiger partial charge in [-0.25, -0.2) is 0 Å². The van der Waals surface area contributed by atoms with Crippen molar-refractivity contribution in [2.45, 2.75) is 25.1 Å². The molecule has 0 heterocycles. The third kappa shape index (κ3) is 2.96. The van der Waals surface area contributed by atoms with Crippen molar-refractivity contribution in [3.8, 4) is 0 Å². The van der Waals surface area contributed by atoms with Crippen LogP contribution in [0.5, 0.6) is 0 Å². The van der Waals surface area contributed by atoms with Gasteiger partial charge in [-0.2, -0.15) is 0 Å². The van der Waals surface area contributed by atoms with E-state index in [2.05, 4.69) is 18.6 Å². The fraction of sp³-hybridized carbons (Fsp3) is 0.417. The van der Waals surface area contributed by atoms with Crippen LogP contribution in [0, 0.1) is 0 Å². The summed E-state index contributed by atoms with van der Waals surface area (Å²) in [5.41, 5.74) is 2.00. The largest absolute Gasteiger partial charge is 0.468 e. The summed E-state index contributed by atoms with van der Waals surface area (Å²) in [6, 6.07) is 7.70. The molecule has 15 heavy (non-hydrogen) atoms. The van der Waals surface area contributed by atoms with E-state index in [1.807, 2.05) is 24.3 Å². The maximum Gasteiger partial charge on any atom is 0.328 e. The molecule has 2 nitrogen and oxygen atoms in total. The van der Waals surface area contributed by atoms with E-state index in [9.17, 15) is 4.79 Å². The zero-order chi connectivity index (χ0) is 11.4. The van der Waals surface area contributed by atoms with Gasteiger partial charge in [-0.3, -0.25) is 4.79 Å². The van der Waals surface area contributed by atoms with Gasteiger partial charge in [0.1, 0.15) is 0 Å². The molecule has 0 saturated carbocycles. The minimum Gasteiger partial charge on any atom is -0.468 e. The van der Waals surface area contributed by atoms with E-state index in [4.69, 9.17) is 11.6 Å². The molecule has 0 bridgehead atoms. The smallest absolute Gasteiger partial charge is 0.328 e. The second kappa shape index (κ2) is 5.17. The highest BCUT2D eigenvalue weighted by atomic mass is 35.5. The van der Waals surface area contributed by atoms with Crippen molar-refractivity contribution in [3.63, 3.8) is 0 Å². The van der Waals surface area contributed by atoms with Gasteiger partial charge in [0.25, 0.3) is 0 Å². The van der Waals surface area contributed by atoms with Crippen LogP contribution in [0.3, 0.4) is 0 Å². The maximum absolute atomic E-state index is 11.2. The SMILES string of the molecule is COC(=O)C(Cl)c1ccc(C(C)C)cc1. The van der Waals surface area contributed by atoms with Crippen LogP contribution >= 0.6 is 11.6 Å². The Labute approximate surface area is 95.2 Å². The fourth-order valence-electron chi connectivity index (χ4n) is 1.29. The number of alkyl halides is 1. The van der Waals surface area contributed by atoms with Crippen LogP contribution in [0.2, 0.25) is 0 Å². The lowest BCUT2D eigenvalue weighted by Gasteiger charge is -2.09. The Bertz CT molecular complexity index is 330. The Morgan fingerprint density at radius 2 is 1.67 bits per heavy atom. The first-order valence-corrected chi connectivity index (χ1v) is 5.31. The number of halogens is 1. The van der Waals surface area contributed by atoms with Crippen molar-refractivity contribution in [3.05, 3.63) is 35.4 Å². The molecular formula is C12H15ClO2. The number of hydrogen-bond donors (Lipinski definition) is 0. The van der Waals surface area contributed by atoms with Gasteiger partial charge in [0, 0.05) is 0 Å². The minimum absolute atomic E-state index is 0.422. The number of rotatable bonds is 3. The second-order valence-electron chi connectivity index (χ2n) is 3.71.